The fourth-order valence-corrected chi connectivity index (χ4v) is 6.20. The van der Waals surface area contributed by atoms with E-state index in [-0.39, 0.29) is 16.1 Å². The monoisotopic (exact) mass is 440 g/mol. The maximum atomic E-state index is 6.48. The second kappa shape index (κ2) is 8.60. The number of rotatable bonds is 9. The third kappa shape index (κ3) is 4.89. The van der Waals surface area contributed by atoms with Crippen molar-refractivity contribution in [3.05, 3.63) is 11.6 Å². The molecule has 1 spiro atoms. The zero-order valence-electron chi connectivity index (χ0n) is 20.6. The van der Waals surface area contributed by atoms with Crippen molar-refractivity contribution in [1.29, 1.82) is 0 Å². The van der Waals surface area contributed by atoms with Crippen molar-refractivity contribution < 1.29 is 23.4 Å². The van der Waals surface area contributed by atoms with Gasteiger partial charge in [-0.05, 0) is 64.1 Å². The number of hydrogen-bond donors (Lipinski definition) is 0. The third-order valence-corrected chi connectivity index (χ3v) is 12.5. The summed E-state index contributed by atoms with van der Waals surface area (Å²) in [5, 5.41) is 0.254. The van der Waals surface area contributed by atoms with Crippen LogP contribution in [0.25, 0.3) is 0 Å². The fourth-order valence-electron chi connectivity index (χ4n) is 5.12. The third-order valence-electron chi connectivity index (χ3n) is 7.95. The van der Waals surface area contributed by atoms with E-state index < -0.39 is 14.1 Å². The summed E-state index contributed by atoms with van der Waals surface area (Å²) in [6, 6.07) is 0. The van der Waals surface area contributed by atoms with Gasteiger partial charge in [0.05, 0.1) is 13.2 Å². The molecule has 1 aliphatic heterocycles. The van der Waals surface area contributed by atoms with Crippen molar-refractivity contribution in [2.24, 2.45) is 11.3 Å². The molecule has 3 aliphatic rings. The van der Waals surface area contributed by atoms with Gasteiger partial charge in [-0.2, -0.15) is 0 Å². The predicted octanol–water partition coefficient (Wildman–Crippen LogP) is 5.66. The van der Waals surface area contributed by atoms with Crippen LogP contribution in [-0.4, -0.2) is 53.4 Å². The van der Waals surface area contributed by atoms with Gasteiger partial charge in [0.2, 0.25) is 0 Å². The molecule has 1 saturated carbocycles. The highest BCUT2D eigenvalue weighted by atomic mass is 28.4. The van der Waals surface area contributed by atoms with Crippen LogP contribution in [0.15, 0.2) is 11.6 Å². The summed E-state index contributed by atoms with van der Waals surface area (Å²) in [4.78, 5) is 0. The lowest BCUT2D eigenvalue weighted by Crippen LogP contribution is -2.47. The molecule has 0 amide bonds. The smallest absolute Gasteiger partial charge is 0.191 e. The Morgan fingerprint density at radius 1 is 1.20 bits per heavy atom. The Labute approximate surface area is 184 Å². The molecule has 0 aromatic rings. The standard InChI is InChI=1S/C24H44O5Si/c1-21(2,3)30(7,8)28-13-9-10-19-14-20-15-23(19,16-26-18-25-6)11-12-24(20)17-27-22(4,5)29-24/h14,20H,9-13,15-18H2,1-8H3/t20-,23-,24+/m1/s1. The van der Waals surface area contributed by atoms with E-state index >= 15 is 0 Å². The summed E-state index contributed by atoms with van der Waals surface area (Å²) < 4.78 is 30.0. The first-order valence-corrected chi connectivity index (χ1v) is 14.5. The van der Waals surface area contributed by atoms with Crippen LogP contribution in [0.2, 0.25) is 18.1 Å². The SMILES string of the molecule is COCOC[C@]12CC[C@]3(COC(C)(C)O3)[C@H](C=C1CCCO[Si](C)(C)C(C)(C)C)C2. The molecule has 0 aromatic carbocycles. The van der Waals surface area contributed by atoms with Gasteiger partial charge in [-0.25, -0.2) is 0 Å². The normalized spacial score (nSPS) is 33.3. The molecule has 2 bridgehead atoms. The fraction of sp³-hybridized carbons (Fsp3) is 0.917. The van der Waals surface area contributed by atoms with Crippen LogP contribution in [0.4, 0.5) is 0 Å². The summed E-state index contributed by atoms with van der Waals surface area (Å²) in [5.41, 5.74) is 1.47. The van der Waals surface area contributed by atoms with Gasteiger partial charge in [0.25, 0.3) is 0 Å². The highest BCUT2D eigenvalue weighted by Gasteiger charge is 2.59. The van der Waals surface area contributed by atoms with E-state index in [2.05, 4.69) is 39.9 Å². The van der Waals surface area contributed by atoms with Crippen LogP contribution in [0.1, 0.15) is 66.7 Å². The maximum absolute atomic E-state index is 6.48. The number of ether oxygens (including phenoxy) is 4. The van der Waals surface area contributed by atoms with E-state index in [9.17, 15) is 0 Å². The van der Waals surface area contributed by atoms with E-state index in [4.69, 9.17) is 23.4 Å². The summed E-state index contributed by atoms with van der Waals surface area (Å²) in [6.07, 6.45) is 7.84. The Bertz CT molecular complexity index is 638. The van der Waals surface area contributed by atoms with Crippen LogP contribution >= 0.6 is 0 Å². The molecule has 6 heteroatoms. The van der Waals surface area contributed by atoms with E-state index in [1.165, 1.54) is 5.57 Å². The molecule has 0 radical (unpaired) electrons. The van der Waals surface area contributed by atoms with Crippen molar-refractivity contribution in [2.75, 3.05) is 33.7 Å². The second-order valence-electron chi connectivity index (χ2n) is 11.6. The van der Waals surface area contributed by atoms with Crippen LogP contribution in [0.5, 0.6) is 0 Å². The average molecular weight is 441 g/mol. The molecule has 1 heterocycles. The molecule has 0 N–H and O–H groups in total. The van der Waals surface area contributed by atoms with Crippen molar-refractivity contribution in [3.63, 3.8) is 0 Å². The van der Waals surface area contributed by atoms with Crippen molar-refractivity contribution in [1.82, 2.24) is 0 Å². The van der Waals surface area contributed by atoms with Gasteiger partial charge >= 0.3 is 0 Å². The molecule has 0 aromatic heterocycles. The Balaban J connectivity index is 1.67. The van der Waals surface area contributed by atoms with Gasteiger partial charge in [-0.15, -0.1) is 0 Å². The van der Waals surface area contributed by atoms with Crippen LogP contribution in [0.3, 0.4) is 0 Å². The van der Waals surface area contributed by atoms with Crippen molar-refractivity contribution in [2.45, 2.75) is 96.2 Å². The predicted molar refractivity (Wildman–Crippen MR) is 122 cm³/mol. The van der Waals surface area contributed by atoms with Crippen LogP contribution in [0, 0.1) is 11.3 Å². The van der Waals surface area contributed by atoms with Gasteiger partial charge in [0.15, 0.2) is 14.1 Å². The largest absolute Gasteiger partial charge is 0.417 e. The molecule has 5 nitrogen and oxygen atoms in total. The lowest BCUT2D eigenvalue weighted by atomic mass is 9.66. The van der Waals surface area contributed by atoms with Crippen LogP contribution < -0.4 is 0 Å². The first kappa shape index (κ1) is 24.4. The lowest BCUT2D eigenvalue weighted by Gasteiger charge is -2.44. The van der Waals surface area contributed by atoms with Crippen LogP contribution in [-0.2, 0) is 23.4 Å². The molecule has 3 rings (SSSR count). The zero-order chi connectivity index (χ0) is 22.3. The quantitative estimate of drug-likeness (QED) is 0.200. The Hall–Kier alpha value is -0.243. The summed E-state index contributed by atoms with van der Waals surface area (Å²) in [7, 11) is -0.00614. The number of methoxy groups -OCH3 is 1. The maximum Gasteiger partial charge on any atom is 0.191 e. The van der Waals surface area contributed by atoms with Gasteiger partial charge in [0.1, 0.15) is 12.4 Å². The Morgan fingerprint density at radius 3 is 2.53 bits per heavy atom. The molecule has 2 fully saturated rings. The number of hydrogen-bond acceptors (Lipinski definition) is 5. The topological polar surface area (TPSA) is 46.2 Å². The summed E-state index contributed by atoms with van der Waals surface area (Å²) in [5.74, 6) is -0.0874. The van der Waals surface area contributed by atoms with Crippen molar-refractivity contribution >= 4 is 8.32 Å². The van der Waals surface area contributed by atoms with E-state index in [0.29, 0.717) is 19.3 Å². The average Bonchev–Trinajstić information content (AvgIpc) is 3.11. The molecule has 3 atom stereocenters. The minimum atomic E-state index is -1.69. The molecule has 0 unspecified atom stereocenters. The van der Waals surface area contributed by atoms with Gasteiger partial charge in [-0.3, -0.25) is 0 Å². The minimum Gasteiger partial charge on any atom is -0.417 e. The second-order valence-corrected chi connectivity index (χ2v) is 16.4. The first-order valence-electron chi connectivity index (χ1n) is 11.6. The summed E-state index contributed by atoms with van der Waals surface area (Å²) >= 11 is 0. The Morgan fingerprint density at radius 2 is 1.93 bits per heavy atom. The molecule has 30 heavy (non-hydrogen) atoms. The van der Waals surface area contributed by atoms with E-state index in [0.717, 1.165) is 45.3 Å². The van der Waals surface area contributed by atoms with Crippen molar-refractivity contribution in [3.8, 4) is 0 Å². The van der Waals surface area contributed by atoms with Gasteiger partial charge in [0, 0.05) is 25.0 Å². The Kier molecular flexibility index (Phi) is 6.99. The van der Waals surface area contributed by atoms with Gasteiger partial charge in [-0.1, -0.05) is 32.4 Å². The lowest BCUT2D eigenvalue weighted by molar-refractivity contribution is -0.181. The molecule has 2 aliphatic carbocycles. The molecule has 1 saturated heterocycles. The van der Waals surface area contributed by atoms with E-state index in [1.54, 1.807) is 7.11 Å². The highest BCUT2D eigenvalue weighted by molar-refractivity contribution is 6.74. The molecular weight excluding hydrogens is 396 g/mol. The zero-order valence-corrected chi connectivity index (χ0v) is 21.6. The summed E-state index contributed by atoms with van der Waals surface area (Å²) in [6.45, 7) is 18.2. The van der Waals surface area contributed by atoms with E-state index in [1.807, 2.05) is 13.8 Å². The molecule has 174 valence electrons. The first-order chi connectivity index (χ1) is 13.8. The van der Waals surface area contributed by atoms with Gasteiger partial charge < -0.3 is 23.4 Å². The highest BCUT2D eigenvalue weighted by Crippen LogP contribution is 2.59. The number of fused-ring (bicyclic) bond motifs is 3. The minimum absolute atomic E-state index is 0.113. The molecular formula is C24H44O5Si.